The zero-order chi connectivity index (χ0) is 20.2. The van der Waals surface area contributed by atoms with E-state index >= 15 is 0 Å². The monoisotopic (exact) mass is 429 g/mol. The number of fused-ring (bicyclic) bond motifs is 3. The fourth-order valence-corrected chi connectivity index (χ4v) is 7.38. The molecule has 0 bridgehead atoms. The van der Waals surface area contributed by atoms with Gasteiger partial charge in [0.1, 0.15) is 0 Å². The van der Waals surface area contributed by atoms with Gasteiger partial charge >= 0.3 is 0 Å². The van der Waals surface area contributed by atoms with E-state index in [0.717, 1.165) is 30.8 Å². The molecule has 1 aromatic heterocycles. The first-order valence-electron chi connectivity index (χ1n) is 10.2. The van der Waals surface area contributed by atoms with E-state index in [-0.39, 0.29) is 12.0 Å². The number of aryl methyl sites for hydroxylation is 1. The van der Waals surface area contributed by atoms with Gasteiger partial charge in [0.15, 0.2) is 0 Å². The number of sulfonamides is 1. The number of benzene rings is 1. The highest BCUT2D eigenvalue weighted by Gasteiger charge is 2.39. The van der Waals surface area contributed by atoms with Crippen LogP contribution in [-0.2, 0) is 10.0 Å². The molecule has 3 unspecified atom stereocenters. The Hall–Kier alpha value is -1.67. The average Bonchev–Trinajstić information content (AvgIpc) is 3.36. The van der Waals surface area contributed by atoms with Gasteiger partial charge in [-0.3, -0.25) is 0 Å². The molecule has 0 saturated carbocycles. The SMILES string of the molecule is Cc1ccsc1C1Nc2ccc(S(=O)(=O)N3CCN(C)CC3)cc2C2C=CCC21. The maximum absolute atomic E-state index is 13.2. The molecule has 3 atom stereocenters. The van der Waals surface area contributed by atoms with E-state index in [9.17, 15) is 8.42 Å². The van der Waals surface area contributed by atoms with Crippen LogP contribution in [0.4, 0.5) is 5.69 Å². The second-order valence-corrected chi connectivity index (χ2v) is 11.3. The van der Waals surface area contributed by atoms with Crippen LogP contribution >= 0.6 is 11.3 Å². The van der Waals surface area contributed by atoms with Crippen LogP contribution in [-0.4, -0.2) is 50.8 Å². The molecular weight excluding hydrogens is 402 g/mol. The van der Waals surface area contributed by atoms with Crippen LogP contribution in [0.25, 0.3) is 0 Å². The van der Waals surface area contributed by atoms with Crippen LogP contribution in [0.15, 0.2) is 46.7 Å². The van der Waals surface area contributed by atoms with Crippen LogP contribution in [0, 0.1) is 12.8 Å². The van der Waals surface area contributed by atoms with Crippen molar-refractivity contribution in [1.82, 2.24) is 9.21 Å². The third-order valence-electron chi connectivity index (χ3n) is 6.62. The number of anilines is 1. The van der Waals surface area contributed by atoms with Crippen molar-refractivity contribution >= 4 is 27.0 Å². The molecule has 0 amide bonds. The highest BCUT2D eigenvalue weighted by molar-refractivity contribution is 7.89. The Morgan fingerprint density at radius 2 is 1.93 bits per heavy atom. The minimum atomic E-state index is -3.45. The number of nitrogens with one attached hydrogen (secondary N) is 1. The van der Waals surface area contributed by atoms with Crippen molar-refractivity contribution in [3.63, 3.8) is 0 Å². The van der Waals surface area contributed by atoms with Crippen LogP contribution in [0.3, 0.4) is 0 Å². The molecule has 1 saturated heterocycles. The van der Waals surface area contributed by atoms with Crippen LogP contribution in [0.2, 0.25) is 0 Å². The molecule has 0 spiro atoms. The summed E-state index contributed by atoms with van der Waals surface area (Å²) in [6.45, 7) is 4.84. The van der Waals surface area contributed by atoms with Gasteiger partial charge in [-0.05, 0) is 67.1 Å². The van der Waals surface area contributed by atoms with Crippen molar-refractivity contribution in [3.05, 3.63) is 57.8 Å². The topological polar surface area (TPSA) is 52.7 Å². The average molecular weight is 430 g/mol. The van der Waals surface area contributed by atoms with Gasteiger partial charge in [0.05, 0.1) is 10.9 Å². The number of allylic oxidation sites excluding steroid dienone is 2. The van der Waals surface area contributed by atoms with Gasteiger partial charge in [-0.25, -0.2) is 8.42 Å². The van der Waals surface area contributed by atoms with E-state index < -0.39 is 10.0 Å². The Labute approximate surface area is 177 Å². The molecule has 154 valence electrons. The Morgan fingerprint density at radius 3 is 2.66 bits per heavy atom. The van der Waals surface area contributed by atoms with Crippen molar-refractivity contribution < 1.29 is 8.42 Å². The number of piperazine rings is 1. The van der Waals surface area contributed by atoms with Gasteiger partial charge in [0, 0.05) is 42.7 Å². The lowest BCUT2D eigenvalue weighted by Crippen LogP contribution is -2.47. The molecule has 1 aromatic carbocycles. The first-order valence-corrected chi connectivity index (χ1v) is 12.6. The van der Waals surface area contributed by atoms with Crippen molar-refractivity contribution in [1.29, 1.82) is 0 Å². The summed E-state index contributed by atoms with van der Waals surface area (Å²) in [7, 11) is -1.42. The van der Waals surface area contributed by atoms with E-state index in [0.29, 0.717) is 23.9 Å². The van der Waals surface area contributed by atoms with Gasteiger partial charge in [-0.1, -0.05) is 12.2 Å². The standard InChI is InChI=1S/C22H27N3O2S2/c1-15-8-13-28-22(15)21-18-5-3-4-17(18)19-14-16(6-7-20(19)23-21)29(26,27)25-11-9-24(2)10-12-25/h3-4,6-8,13-14,17-18,21,23H,5,9-12H2,1-2H3. The van der Waals surface area contributed by atoms with Gasteiger partial charge in [-0.15, -0.1) is 11.3 Å². The molecule has 2 aromatic rings. The van der Waals surface area contributed by atoms with Crippen LogP contribution < -0.4 is 5.32 Å². The molecule has 3 aliphatic rings. The summed E-state index contributed by atoms with van der Waals surface area (Å²) in [6.07, 6.45) is 5.55. The fraction of sp³-hybridized carbons (Fsp3) is 0.455. The van der Waals surface area contributed by atoms with Crippen molar-refractivity contribution in [3.8, 4) is 0 Å². The molecule has 1 aliphatic carbocycles. The Bertz CT molecular complexity index is 1050. The number of hydrogen-bond donors (Lipinski definition) is 1. The Morgan fingerprint density at radius 1 is 1.14 bits per heavy atom. The molecule has 0 radical (unpaired) electrons. The third kappa shape index (κ3) is 3.24. The molecule has 1 fully saturated rings. The number of hydrogen-bond acceptors (Lipinski definition) is 5. The first kappa shape index (κ1) is 19.3. The lowest BCUT2D eigenvalue weighted by Gasteiger charge is -2.37. The van der Waals surface area contributed by atoms with E-state index in [2.05, 4.69) is 40.7 Å². The minimum absolute atomic E-state index is 0.264. The zero-order valence-corrected chi connectivity index (χ0v) is 18.5. The largest absolute Gasteiger partial charge is 0.377 e. The maximum Gasteiger partial charge on any atom is 0.243 e. The van der Waals surface area contributed by atoms with Gasteiger partial charge in [0.2, 0.25) is 10.0 Å². The summed E-state index contributed by atoms with van der Waals surface area (Å²) < 4.78 is 28.1. The maximum atomic E-state index is 13.2. The van der Waals surface area contributed by atoms with E-state index in [1.54, 1.807) is 10.4 Å². The quantitative estimate of drug-likeness (QED) is 0.754. The van der Waals surface area contributed by atoms with E-state index in [4.69, 9.17) is 0 Å². The summed E-state index contributed by atoms with van der Waals surface area (Å²) in [6, 6.07) is 8.12. The summed E-state index contributed by atoms with van der Waals surface area (Å²) in [5.41, 5.74) is 3.51. The van der Waals surface area contributed by atoms with Crippen molar-refractivity contribution in [2.75, 3.05) is 38.5 Å². The Kier molecular flexibility index (Phi) is 4.81. The summed E-state index contributed by atoms with van der Waals surface area (Å²) in [4.78, 5) is 3.99. The Balaban J connectivity index is 1.50. The van der Waals surface area contributed by atoms with Gasteiger partial charge < -0.3 is 10.2 Å². The van der Waals surface area contributed by atoms with Gasteiger partial charge in [0.25, 0.3) is 0 Å². The minimum Gasteiger partial charge on any atom is -0.377 e. The smallest absolute Gasteiger partial charge is 0.243 e. The van der Waals surface area contributed by atoms with Crippen molar-refractivity contribution in [2.45, 2.75) is 30.2 Å². The molecule has 7 heteroatoms. The predicted octanol–water partition coefficient (Wildman–Crippen LogP) is 3.82. The second-order valence-electron chi connectivity index (χ2n) is 8.40. The summed E-state index contributed by atoms with van der Waals surface area (Å²) >= 11 is 1.81. The molecule has 1 N–H and O–H groups in total. The van der Waals surface area contributed by atoms with Crippen LogP contribution in [0.5, 0.6) is 0 Å². The normalized spacial score (nSPS) is 27.4. The summed E-state index contributed by atoms with van der Waals surface area (Å²) in [5.74, 6) is 0.696. The predicted molar refractivity (Wildman–Crippen MR) is 118 cm³/mol. The number of likely N-dealkylation sites (N-methyl/N-ethyl adjacent to an activating group) is 1. The zero-order valence-electron chi connectivity index (χ0n) is 16.8. The second kappa shape index (κ2) is 7.23. The van der Waals surface area contributed by atoms with Gasteiger partial charge in [-0.2, -0.15) is 4.31 Å². The van der Waals surface area contributed by atoms with E-state index in [1.165, 1.54) is 10.4 Å². The highest BCUT2D eigenvalue weighted by Crippen LogP contribution is 2.51. The fourth-order valence-electron chi connectivity index (χ4n) is 4.87. The molecule has 5 nitrogen and oxygen atoms in total. The molecule has 2 aliphatic heterocycles. The highest BCUT2D eigenvalue weighted by atomic mass is 32.2. The first-order chi connectivity index (χ1) is 13.9. The summed E-state index contributed by atoms with van der Waals surface area (Å²) in [5, 5.41) is 5.89. The molecule has 29 heavy (non-hydrogen) atoms. The van der Waals surface area contributed by atoms with Crippen LogP contribution in [0.1, 0.15) is 34.4 Å². The van der Waals surface area contributed by atoms with E-state index in [1.807, 2.05) is 30.5 Å². The molecule has 3 heterocycles. The van der Waals surface area contributed by atoms with Crippen molar-refractivity contribution in [2.24, 2.45) is 5.92 Å². The number of nitrogens with zero attached hydrogens (tertiary/aromatic N) is 2. The lowest BCUT2D eigenvalue weighted by atomic mass is 9.78. The molecule has 5 rings (SSSR count). The number of thiophene rings is 1. The lowest BCUT2D eigenvalue weighted by molar-refractivity contribution is 0.222. The number of rotatable bonds is 3. The third-order valence-corrected chi connectivity index (χ3v) is 9.62. The molecular formula is C22H27N3O2S2.